The largest absolute Gasteiger partial charge is 0.469 e. The molecule has 1 N–H and O–H groups in total. The van der Waals surface area contributed by atoms with Crippen molar-refractivity contribution in [1.82, 2.24) is 19.7 Å². The number of H-pyrrole nitrogens is 1. The van der Waals surface area contributed by atoms with Gasteiger partial charge in [-0.25, -0.2) is 0 Å². The van der Waals surface area contributed by atoms with Crippen molar-refractivity contribution >= 4 is 17.5 Å². The Balaban J connectivity index is 1.63. The van der Waals surface area contributed by atoms with E-state index in [0.717, 1.165) is 22.7 Å². The Hall–Kier alpha value is -3.06. The van der Waals surface area contributed by atoms with Crippen LogP contribution in [0.15, 0.2) is 70.6 Å². The zero-order chi connectivity index (χ0) is 18.6. The minimum Gasteiger partial charge on any atom is -0.469 e. The third kappa shape index (κ3) is 3.73. The maximum Gasteiger partial charge on any atom is 0.192 e. The van der Waals surface area contributed by atoms with Crippen LogP contribution in [0.5, 0.6) is 0 Å². The van der Waals surface area contributed by atoms with Crippen molar-refractivity contribution in [2.24, 2.45) is 0 Å². The van der Waals surface area contributed by atoms with Crippen LogP contribution in [-0.4, -0.2) is 31.3 Å². The van der Waals surface area contributed by atoms with E-state index in [2.05, 4.69) is 27.3 Å². The van der Waals surface area contributed by atoms with Gasteiger partial charge in [0.1, 0.15) is 5.76 Å². The number of aryl methyl sites for hydroxylation is 1. The Labute approximate surface area is 160 Å². The fourth-order valence-electron chi connectivity index (χ4n) is 2.83. The van der Waals surface area contributed by atoms with E-state index in [9.17, 15) is 4.79 Å². The molecule has 3 aromatic heterocycles. The number of furan rings is 1. The summed E-state index contributed by atoms with van der Waals surface area (Å²) in [7, 11) is 0. The van der Waals surface area contributed by atoms with Gasteiger partial charge in [-0.2, -0.15) is 0 Å². The van der Waals surface area contributed by atoms with Crippen LogP contribution in [0.4, 0.5) is 0 Å². The van der Waals surface area contributed by atoms with Crippen LogP contribution in [0.25, 0.3) is 11.4 Å². The molecule has 0 saturated heterocycles. The van der Waals surface area contributed by atoms with Gasteiger partial charge in [0.25, 0.3) is 0 Å². The van der Waals surface area contributed by atoms with Gasteiger partial charge in [0.2, 0.25) is 0 Å². The van der Waals surface area contributed by atoms with Gasteiger partial charge in [-0.15, -0.1) is 10.2 Å². The highest BCUT2D eigenvalue weighted by Crippen LogP contribution is 2.28. The summed E-state index contributed by atoms with van der Waals surface area (Å²) in [5.74, 6) is 1.84. The van der Waals surface area contributed by atoms with E-state index in [1.807, 2.05) is 41.8 Å². The summed E-state index contributed by atoms with van der Waals surface area (Å²) in [6, 6.07) is 15.6. The molecule has 0 amide bonds. The number of carbonyl (C=O) groups excluding carboxylic acids is 1. The number of aromatic amines is 1. The normalized spacial score (nSPS) is 11.0. The average Bonchev–Trinajstić information content (AvgIpc) is 3.42. The van der Waals surface area contributed by atoms with Gasteiger partial charge in [-0.05, 0) is 30.7 Å². The van der Waals surface area contributed by atoms with E-state index in [1.165, 1.54) is 11.8 Å². The lowest BCUT2D eigenvalue weighted by molar-refractivity contribution is 0.101. The predicted molar refractivity (Wildman–Crippen MR) is 104 cm³/mol. The number of rotatable bonds is 7. The second-order valence-corrected chi connectivity index (χ2v) is 7.01. The van der Waals surface area contributed by atoms with Crippen LogP contribution in [-0.2, 0) is 6.54 Å². The molecule has 0 bridgehead atoms. The summed E-state index contributed by atoms with van der Waals surface area (Å²) >= 11 is 1.39. The van der Waals surface area contributed by atoms with Crippen molar-refractivity contribution in [2.45, 2.75) is 18.6 Å². The van der Waals surface area contributed by atoms with Gasteiger partial charge in [0, 0.05) is 6.20 Å². The maximum atomic E-state index is 12.3. The molecule has 1 aromatic carbocycles. The van der Waals surface area contributed by atoms with Gasteiger partial charge in [-0.1, -0.05) is 42.1 Å². The van der Waals surface area contributed by atoms with Crippen molar-refractivity contribution in [1.29, 1.82) is 0 Å². The summed E-state index contributed by atoms with van der Waals surface area (Å²) in [4.78, 5) is 15.3. The SMILES string of the molecule is Cc1occc1-c1nnc(SCC(=O)c2ccc[nH]2)n1Cc1ccccc1. The Morgan fingerprint density at radius 1 is 1.15 bits per heavy atom. The Bertz CT molecular complexity index is 1040. The number of ketones is 1. The van der Waals surface area contributed by atoms with Crippen molar-refractivity contribution < 1.29 is 9.21 Å². The van der Waals surface area contributed by atoms with Gasteiger partial charge in [-0.3, -0.25) is 9.36 Å². The Kier molecular flexibility index (Phi) is 4.93. The molecule has 4 aromatic rings. The zero-order valence-corrected chi connectivity index (χ0v) is 15.6. The molecular weight excluding hydrogens is 360 g/mol. The number of nitrogens with one attached hydrogen (secondary N) is 1. The number of carbonyl (C=O) groups is 1. The van der Waals surface area contributed by atoms with Gasteiger partial charge in [0.15, 0.2) is 16.8 Å². The van der Waals surface area contributed by atoms with E-state index < -0.39 is 0 Å². The van der Waals surface area contributed by atoms with Crippen LogP contribution < -0.4 is 0 Å². The molecule has 0 aliphatic heterocycles. The standard InChI is InChI=1S/C20H18N4O2S/c1-14-16(9-11-26-14)19-22-23-20(24(19)12-15-6-3-2-4-7-15)27-13-18(25)17-8-5-10-21-17/h2-11,21H,12-13H2,1H3. The second kappa shape index (κ2) is 7.67. The minimum atomic E-state index is 0.0281. The lowest BCUT2D eigenvalue weighted by atomic mass is 10.2. The molecular formula is C20H18N4O2S. The van der Waals surface area contributed by atoms with E-state index >= 15 is 0 Å². The van der Waals surface area contributed by atoms with Crippen LogP contribution in [0.1, 0.15) is 21.8 Å². The van der Waals surface area contributed by atoms with E-state index in [1.54, 1.807) is 18.5 Å². The monoisotopic (exact) mass is 378 g/mol. The van der Waals surface area contributed by atoms with E-state index in [4.69, 9.17) is 4.42 Å². The van der Waals surface area contributed by atoms with Crippen LogP contribution >= 0.6 is 11.8 Å². The third-order valence-corrected chi connectivity index (χ3v) is 5.20. The molecule has 0 aliphatic rings. The summed E-state index contributed by atoms with van der Waals surface area (Å²) in [5, 5.41) is 9.41. The lowest BCUT2D eigenvalue weighted by Crippen LogP contribution is -2.07. The molecule has 0 radical (unpaired) electrons. The van der Waals surface area contributed by atoms with E-state index in [0.29, 0.717) is 17.4 Å². The molecule has 27 heavy (non-hydrogen) atoms. The van der Waals surface area contributed by atoms with Gasteiger partial charge < -0.3 is 9.40 Å². The summed E-state index contributed by atoms with van der Waals surface area (Å²) in [5.41, 5.74) is 2.64. The first kappa shape index (κ1) is 17.4. The fourth-order valence-corrected chi connectivity index (χ4v) is 3.65. The van der Waals surface area contributed by atoms with Crippen LogP contribution in [0.3, 0.4) is 0 Å². The number of thioether (sulfide) groups is 1. The van der Waals surface area contributed by atoms with Crippen molar-refractivity contribution in [3.63, 3.8) is 0 Å². The first-order valence-electron chi connectivity index (χ1n) is 8.53. The van der Waals surface area contributed by atoms with Crippen molar-refractivity contribution in [3.8, 4) is 11.4 Å². The highest BCUT2D eigenvalue weighted by atomic mass is 32.2. The molecule has 0 atom stereocenters. The van der Waals surface area contributed by atoms with Crippen LogP contribution in [0.2, 0.25) is 0 Å². The van der Waals surface area contributed by atoms with Gasteiger partial charge in [0.05, 0.1) is 29.8 Å². The second-order valence-electron chi connectivity index (χ2n) is 6.06. The molecule has 7 heteroatoms. The molecule has 3 heterocycles. The average molecular weight is 378 g/mol. The molecule has 0 saturated carbocycles. The van der Waals surface area contributed by atoms with E-state index in [-0.39, 0.29) is 11.5 Å². The summed E-state index contributed by atoms with van der Waals surface area (Å²) in [6.07, 6.45) is 3.39. The molecule has 0 spiro atoms. The number of hydrogen-bond donors (Lipinski definition) is 1. The topological polar surface area (TPSA) is 76.7 Å². The molecule has 0 fully saturated rings. The molecule has 136 valence electrons. The Morgan fingerprint density at radius 2 is 2.00 bits per heavy atom. The first-order chi connectivity index (χ1) is 13.2. The third-order valence-electron chi connectivity index (χ3n) is 4.23. The smallest absolute Gasteiger partial charge is 0.192 e. The Morgan fingerprint density at radius 3 is 2.70 bits per heavy atom. The fraction of sp³-hybridized carbons (Fsp3) is 0.150. The van der Waals surface area contributed by atoms with Gasteiger partial charge >= 0.3 is 0 Å². The van der Waals surface area contributed by atoms with Crippen molar-refractivity contribution in [2.75, 3.05) is 5.75 Å². The highest BCUT2D eigenvalue weighted by molar-refractivity contribution is 7.99. The molecule has 0 aliphatic carbocycles. The number of Topliss-reactive ketones (excluding diaryl/α,β-unsaturated/α-hetero) is 1. The predicted octanol–water partition coefficient (Wildman–Crippen LogP) is 4.20. The lowest BCUT2D eigenvalue weighted by Gasteiger charge is -2.10. The molecule has 4 rings (SSSR count). The number of hydrogen-bond acceptors (Lipinski definition) is 5. The first-order valence-corrected chi connectivity index (χ1v) is 9.52. The number of benzene rings is 1. The maximum absolute atomic E-state index is 12.3. The van der Waals surface area contributed by atoms with Crippen LogP contribution in [0, 0.1) is 6.92 Å². The summed E-state index contributed by atoms with van der Waals surface area (Å²) in [6.45, 7) is 2.52. The highest BCUT2D eigenvalue weighted by Gasteiger charge is 2.19. The quantitative estimate of drug-likeness (QED) is 0.385. The molecule has 0 unspecified atom stereocenters. The molecule has 6 nitrogen and oxygen atoms in total. The minimum absolute atomic E-state index is 0.0281. The zero-order valence-electron chi connectivity index (χ0n) is 14.8. The summed E-state index contributed by atoms with van der Waals surface area (Å²) < 4.78 is 7.46. The number of nitrogens with zero attached hydrogens (tertiary/aromatic N) is 3. The number of aromatic nitrogens is 4. The van der Waals surface area contributed by atoms with Crippen molar-refractivity contribution in [3.05, 3.63) is 78.0 Å².